The van der Waals surface area contributed by atoms with E-state index in [9.17, 15) is 0 Å². The predicted molar refractivity (Wildman–Crippen MR) is 74.3 cm³/mol. The summed E-state index contributed by atoms with van der Waals surface area (Å²) in [6, 6.07) is 6.70. The van der Waals surface area contributed by atoms with Crippen molar-refractivity contribution in [2.45, 2.75) is 51.4 Å². The number of rotatable bonds is 5. The Labute approximate surface area is 114 Å². The van der Waals surface area contributed by atoms with Crippen LogP contribution in [0.3, 0.4) is 0 Å². The van der Waals surface area contributed by atoms with Crippen LogP contribution in [-0.4, -0.2) is 29.6 Å². The summed E-state index contributed by atoms with van der Waals surface area (Å²) in [4.78, 5) is 0. The van der Waals surface area contributed by atoms with Crippen molar-refractivity contribution in [1.82, 2.24) is 0 Å². The molecular formula is C14H21BO4. The smallest absolute Gasteiger partial charge is 0.465 e. The molecule has 0 bridgehead atoms. The Hall–Kier alpha value is -1.04. The van der Waals surface area contributed by atoms with Gasteiger partial charge in [0.2, 0.25) is 0 Å². The zero-order valence-corrected chi connectivity index (χ0v) is 11.3. The predicted octanol–water partition coefficient (Wildman–Crippen LogP) is 1.44. The second kappa shape index (κ2) is 6.94. The topological polar surface area (TPSA) is 58.9 Å². The minimum Gasteiger partial charge on any atom is -0.465 e. The Bertz CT molecular complexity index is 374. The van der Waals surface area contributed by atoms with Crippen LogP contribution < -0.4 is 10.2 Å². The summed E-state index contributed by atoms with van der Waals surface area (Å²) in [6.45, 7) is 1.89. The van der Waals surface area contributed by atoms with Gasteiger partial charge in [-0.1, -0.05) is 31.4 Å². The van der Waals surface area contributed by atoms with Crippen molar-refractivity contribution in [3.63, 3.8) is 0 Å². The molecule has 0 radical (unpaired) electrons. The first-order valence-electron chi connectivity index (χ1n) is 6.93. The van der Waals surface area contributed by atoms with E-state index in [1.807, 2.05) is 6.92 Å². The highest BCUT2D eigenvalue weighted by atomic mass is 16.7. The lowest BCUT2D eigenvalue weighted by Crippen LogP contribution is -2.29. The molecule has 0 aromatic heterocycles. The van der Waals surface area contributed by atoms with E-state index in [2.05, 4.69) is 0 Å². The molecule has 1 saturated carbocycles. The molecule has 4 nitrogen and oxygen atoms in total. The third kappa shape index (κ3) is 4.53. The average Bonchev–Trinajstić information content (AvgIpc) is 2.40. The molecule has 5 heteroatoms. The molecule has 0 aliphatic heterocycles. The fourth-order valence-electron chi connectivity index (χ4n) is 2.41. The largest absolute Gasteiger partial charge is 0.488 e. The van der Waals surface area contributed by atoms with Crippen LogP contribution in [0.2, 0.25) is 0 Å². The molecule has 1 aliphatic rings. The lowest BCUT2D eigenvalue weighted by atomic mass is 9.80. The van der Waals surface area contributed by atoms with Crippen molar-refractivity contribution in [3.8, 4) is 5.75 Å². The molecule has 0 saturated heterocycles. The van der Waals surface area contributed by atoms with Crippen LogP contribution in [0.1, 0.15) is 39.0 Å². The Morgan fingerprint density at radius 2 is 1.74 bits per heavy atom. The lowest BCUT2D eigenvalue weighted by molar-refractivity contribution is -0.116. The van der Waals surface area contributed by atoms with Gasteiger partial charge in [-0.15, -0.1) is 0 Å². The van der Waals surface area contributed by atoms with Crippen LogP contribution in [0.25, 0.3) is 0 Å². The summed E-state index contributed by atoms with van der Waals surface area (Å²) in [5.74, 6) is 0.674. The Kier molecular flexibility index (Phi) is 5.25. The highest BCUT2D eigenvalue weighted by Crippen LogP contribution is 2.22. The van der Waals surface area contributed by atoms with Gasteiger partial charge in [-0.3, -0.25) is 0 Å². The van der Waals surface area contributed by atoms with Crippen molar-refractivity contribution < 1.29 is 19.5 Å². The second-order valence-corrected chi connectivity index (χ2v) is 5.02. The van der Waals surface area contributed by atoms with Gasteiger partial charge in [0.1, 0.15) is 5.75 Å². The van der Waals surface area contributed by atoms with Gasteiger partial charge in [0, 0.05) is 0 Å². The number of hydrogen-bond acceptors (Lipinski definition) is 4. The normalized spacial score (nSPS) is 18.1. The number of benzene rings is 1. The van der Waals surface area contributed by atoms with Crippen molar-refractivity contribution >= 4 is 12.6 Å². The molecule has 1 aromatic carbocycles. The van der Waals surface area contributed by atoms with Gasteiger partial charge in [0.15, 0.2) is 6.29 Å². The summed E-state index contributed by atoms with van der Waals surface area (Å²) in [5.41, 5.74) is 0.452. The van der Waals surface area contributed by atoms with Crippen LogP contribution in [0, 0.1) is 0 Å². The summed E-state index contributed by atoms with van der Waals surface area (Å²) in [6.07, 6.45) is 6.03. The summed E-state index contributed by atoms with van der Waals surface area (Å²) < 4.78 is 11.5. The first-order chi connectivity index (χ1) is 9.15. The van der Waals surface area contributed by atoms with Crippen molar-refractivity contribution in [1.29, 1.82) is 0 Å². The fourth-order valence-corrected chi connectivity index (χ4v) is 2.41. The maximum Gasteiger partial charge on any atom is 0.488 e. The number of ether oxygens (including phenoxy) is 2. The van der Waals surface area contributed by atoms with Crippen LogP contribution in [0.15, 0.2) is 24.3 Å². The van der Waals surface area contributed by atoms with E-state index in [1.165, 1.54) is 19.3 Å². The van der Waals surface area contributed by atoms with Crippen LogP contribution in [0.4, 0.5) is 0 Å². The van der Waals surface area contributed by atoms with Gasteiger partial charge in [0.25, 0.3) is 0 Å². The fraction of sp³-hybridized carbons (Fsp3) is 0.571. The molecule has 2 rings (SSSR count). The quantitative estimate of drug-likeness (QED) is 0.624. The van der Waals surface area contributed by atoms with Gasteiger partial charge in [-0.2, -0.15) is 0 Å². The maximum absolute atomic E-state index is 9.00. The highest BCUT2D eigenvalue weighted by molar-refractivity contribution is 6.58. The third-order valence-corrected chi connectivity index (χ3v) is 3.42. The molecule has 1 fully saturated rings. The molecule has 0 amide bonds. The monoisotopic (exact) mass is 264 g/mol. The summed E-state index contributed by atoms with van der Waals surface area (Å²) in [5, 5.41) is 18.0. The first kappa shape index (κ1) is 14.4. The van der Waals surface area contributed by atoms with E-state index in [-0.39, 0.29) is 6.29 Å². The minimum atomic E-state index is -1.44. The van der Waals surface area contributed by atoms with Crippen molar-refractivity contribution in [2.24, 2.45) is 0 Å². The molecule has 19 heavy (non-hydrogen) atoms. The molecule has 1 unspecified atom stereocenters. The van der Waals surface area contributed by atoms with E-state index < -0.39 is 7.12 Å². The van der Waals surface area contributed by atoms with Gasteiger partial charge in [0.05, 0.1) is 6.10 Å². The average molecular weight is 264 g/mol. The number of hydrogen-bond donors (Lipinski definition) is 2. The molecular weight excluding hydrogens is 243 g/mol. The molecule has 104 valence electrons. The molecule has 0 heterocycles. The molecule has 1 aromatic rings. The van der Waals surface area contributed by atoms with E-state index in [0.29, 0.717) is 17.3 Å². The molecule has 0 spiro atoms. The van der Waals surface area contributed by atoms with E-state index in [1.54, 1.807) is 24.3 Å². The van der Waals surface area contributed by atoms with E-state index in [0.717, 1.165) is 12.8 Å². The summed E-state index contributed by atoms with van der Waals surface area (Å²) in [7, 11) is -1.44. The van der Waals surface area contributed by atoms with Crippen LogP contribution >= 0.6 is 0 Å². The van der Waals surface area contributed by atoms with Crippen molar-refractivity contribution in [3.05, 3.63) is 24.3 Å². The van der Waals surface area contributed by atoms with E-state index >= 15 is 0 Å². The van der Waals surface area contributed by atoms with Gasteiger partial charge >= 0.3 is 7.12 Å². The van der Waals surface area contributed by atoms with Crippen molar-refractivity contribution in [2.75, 3.05) is 0 Å². The SMILES string of the molecule is CC(Oc1ccc(B(O)O)cc1)OC1CCCCC1. The Morgan fingerprint density at radius 3 is 2.32 bits per heavy atom. The zero-order valence-electron chi connectivity index (χ0n) is 11.3. The maximum atomic E-state index is 9.00. The van der Waals surface area contributed by atoms with Crippen LogP contribution in [-0.2, 0) is 4.74 Å². The standard InChI is InChI=1S/C14H21BO4/c1-11(18-13-5-3-2-4-6-13)19-14-9-7-12(8-10-14)15(16)17/h7-11,13,16-17H,2-6H2,1H3. The Morgan fingerprint density at radius 1 is 1.11 bits per heavy atom. The Balaban J connectivity index is 1.82. The minimum absolute atomic E-state index is 0.284. The van der Waals surface area contributed by atoms with Gasteiger partial charge in [-0.05, 0) is 37.4 Å². The second-order valence-electron chi connectivity index (χ2n) is 5.02. The first-order valence-corrected chi connectivity index (χ1v) is 6.93. The molecule has 1 atom stereocenters. The molecule has 1 aliphatic carbocycles. The van der Waals surface area contributed by atoms with E-state index in [4.69, 9.17) is 19.5 Å². The van der Waals surface area contributed by atoms with Gasteiger partial charge in [-0.25, -0.2) is 0 Å². The van der Waals surface area contributed by atoms with Gasteiger partial charge < -0.3 is 19.5 Å². The third-order valence-electron chi connectivity index (χ3n) is 3.42. The van der Waals surface area contributed by atoms with Crippen LogP contribution in [0.5, 0.6) is 5.75 Å². The molecule has 2 N–H and O–H groups in total. The zero-order chi connectivity index (χ0) is 13.7. The highest BCUT2D eigenvalue weighted by Gasteiger charge is 2.17. The summed E-state index contributed by atoms with van der Waals surface area (Å²) >= 11 is 0. The lowest BCUT2D eigenvalue weighted by Gasteiger charge is -2.26.